The molecular formula is C17H28BrNO. The minimum atomic E-state index is 0.416. The number of methoxy groups -OCH3 is 1. The molecule has 1 N–H and O–H groups in total. The second kappa shape index (κ2) is 9.41. The van der Waals surface area contributed by atoms with E-state index in [1.54, 1.807) is 7.11 Å². The molecule has 0 spiro atoms. The van der Waals surface area contributed by atoms with Crippen LogP contribution in [-0.4, -0.2) is 14.2 Å². The smallest absolute Gasteiger partial charge is 0.133 e. The van der Waals surface area contributed by atoms with Crippen molar-refractivity contribution in [3.8, 4) is 5.75 Å². The average Bonchev–Trinajstić information content (AvgIpc) is 2.47. The number of unbranched alkanes of at least 4 members (excludes halogenated alkanes) is 1. The first kappa shape index (κ1) is 17.5. The first-order chi connectivity index (χ1) is 9.65. The molecule has 20 heavy (non-hydrogen) atoms. The highest BCUT2D eigenvalue weighted by Crippen LogP contribution is 2.31. The number of hydrogen-bond donors (Lipinski definition) is 1. The monoisotopic (exact) mass is 341 g/mol. The van der Waals surface area contributed by atoms with Crippen LogP contribution in [0.3, 0.4) is 0 Å². The number of hydrogen-bond acceptors (Lipinski definition) is 2. The summed E-state index contributed by atoms with van der Waals surface area (Å²) in [4.78, 5) is 0. The Bertz CT molecular complexity index is 395. The van der Waals surface area contributed by atoms with Gasteiger partial charge in [-0.1, -0.05) is 45.6 Å². The third-order valence-electron chi connectivity index (χ3n) is 4.04. The van der Waals surface area contributed by atoms with Gasteiger partial charge >= 0.3 is 0 Å². The van der Waals surface area contributed by atoms with Gasteiger partial charge in [0.1, 0.15) is 5.75 Å². The molecule has 2 unspecified atom stereocenters. The van der Waals surface area contributed by atoms with Crippen LogP contribution in [0.1, 0.15) is 57.6 Å². The van der Waals surface area contributed by atoms with Crippen molar-refractivity contribution in [3.63, 3.8) is 0 Å². The fourth-order valence-electron chi connectivity index (χ4n) is 2.63. The maximum Gasteiger partial charge on any atom is 0.133 e. The summed E-state index contributed by atoms with van der Waals surface area (Å²) in [6.45, 7) is 4.57. The Kier molecular flexibility index (Phi) is 8.24. The van der Waals surface area contributed by atoms with Crippen molar-refractivity contribution in [3.05, 3.63) is 28.2 Å². The van der Waals surface area contributed by atoms with E-state index in [0.29, 0.717) is 6.04 Å². The zero-order valence-corrected chi connectivity index (χ0v) is 14.8. The number of benzene rings is 1. The summed E-state index contributed by atoms with van der Waals surface area (Å²) in [5.74, 6) is 1.69. The standard InChI is InChI=1S/C17H28BrNO/c1-5-7-8-13(6-2)11-16(19-3)14-9-10-17(20-4)15(18)12-14/h9-10,12-13,16,19H,5-8,11H2,1-4H3. The Balaban J connectivity index is 2.76. The van der Waals surface area contributed by atoms with Crippen LogP contribution in [0.5, 0.6) is 5.75 Å². The predicted molar refractivity (Wildman–Crippen MR) is 90.4 cm³/mol. The molecule has 1 aromatic rings. The number of halogens is 1. The van der Waals surface area contributed by atoms with E-state index >= 15 is 0 Å². The molecule has 2 atom stereocenters. The van der Waals surface area contributed by atoms with Crippen molar-refractivity contribution < 1.29 is 4.74 Å². The third kappa shape index (κ3) is 5.10. The predicted octanol–water partition coefficient (Wildman–Crippen LogP) is 5.32. The van der Waals surface area contributed by atoms with Crippen LogP contribution < -0.4 is 10.1 Å². The molecule has 3 heteroatoms. The van der Waals surface area contributed by atoms with Gasteiger partial charge in [0, 0.05) is 6.04 Å². The Hall–Kier alpha value is -0.540. The van der Waals surface area contributed by atoms with Crippen molar-refractivity contribution in [2.45, 2.75) is 52.0 Å². The molecule has 0 heterocycles. The normalized spacial score (nSPS) is 14.1. The Labute approximate surface area is 132 Å². The summed E-state index contributed by atoms with van der Waals surface area (Å²) in [5, 5.41) is 3.46. The van der Waals surface area contributed by atoms with Gasteiger partial charge in [0.25, 0.3) is 0 Å². The van der Waals surface area contributed by atoms with Gasteiger partial charge in [0.2, 0.25) is 0 Å². The van der Waals surface area contributed by atoms with Crippen LogP contribution in [0.25, 0.3) is 0 Å². The van der Waals surface area contributed by atoms with E-state index in [0.717, 1.165) is 16.1 Å². The largest absolute Gasteiger partial charge is 0.496 e. The molecule has 0 aliphatic rings. The molecule has 0 saturated heterocycles. The molecule has 0 aliphatic heterocycles. The summed E-state index contributed by atoms with van der Waals surface area (Å²) in [5.41, 5.74) is 1.33. The average molecular weight is 342 g/mol. The van der Waals surface area contributed by atoms with Crippen LogP contribution >= 0.6 is 15.9 Å². The highest BCUT2D eigenvalue weighted by atomic mass is 79.9. The highest BCUT2D eigenvalue weighted by molar-refractivity contribution is 9.10. The van der Waals surface area contributed by atoms with Crippen molar-refractivity contribution in [2.75, 3.05) is 14.2 Å². The maximum absolute atomic E-state index is 5.30. The van der Waals surface area contributed by atoms with E-state index in [4.69, 9.17) is 4.74 Å². The summed E-state index contributed by atoms with van der Waals surface area (Å²) in [7, 11) is 3.75. The molecule has 0 bridgehead atoms. The first-order valence-corrected chi connectivity index (χ1v) is 8.46. The second-order valence-electron chi connectivity index (χ2n) is 5.39. The zero-order valence-electron chi connectivity index (χ0n) is 13.2. The van der Waals surface area contributed by atoms with Gasteiger partial charge in [-0.3, -0.25) is 0 Å². The molecule has 0 radical (unpaired) electrons. The lowest BCUT2D eigenvalue weighted by Crippen LogP contribution is -2.20. The van der Waals surface area contributed by atoms with Gasteiger partial charge in [-0.2, -0.15) is 0 Å². The highest BCUT2D eigenvalue weighted by Gasteiger charge is 2.16. The van der Waals surface area contributed by atoms with Crippen LogP contribution in [0.4, 0.5) is 0 Å². The fourth-order valence-corrected chi connectivity index (χ4v) is 3.19. The zero-order chi connectivity index (χ0) is 15.0. The van der Waals surface area contributed by atoms with Crippen molar-refractivity contribution >= 4 is 15.9 Å². The second-order valence-corrected chi connectivity index (χ2v) is 6.24. The maximum atomic E-state index is 5.30. The fraction of sp³-hybridized carbons (Fsp3) is 0.647. The van der Waals surface area contributed by atoms with Crippen LogP contribution in [0.15, 0.2) is 22.7 Å². The first-order valence-electron chi connectivity index (χ1n) is 7.66. The number of nitrogens with one attached hydrogen (secondary N) is 1. The van der Waals surface area contributed by atoms with Gasteiger partial charge < -0.3 is 10.1 Å². The molecule has 1 aromatic carbocycles. The van der Waals surface area contributed by atoms with E-state index in [9.17, 15) is 0 Å². The minimum absolute atomic E-state index is 0.416. The quantitative estimate of drug-likeness (QED) is 0.655. The van der Waals surface area contributed by atoms with Crippen LogP contribution in [0.2, 0.25) is 0 Å². The van der Waals surface area contributed by atoms with Gasteiger partial charge in [-0.25, -0.2) is 0 Å². The van der Waals surface area contributed by atoms with Gasteiger partial charge in [-0.15, -0.1) is 0 Å². The van der Waals surface area contributed by atoms with Crippen molar-refractivity contribution in [2.24, 2.45) is 5.92 Å². The summed E-state index contributed by atoms with van der Waals surface area (Å²) >= 11 is 3.58. The number of rotatable bonds is 9. The van der Waals surface area contributed by atoms with E-state index in [2.05, 4.69) is 54.3 Å². The van der Waals surface area contributed by atoms with Crippen LogP contribution in [-0.2, 0) is 0 Å². The number of ether oxygens (including phenoxy) is 1. The van der Waals surface area contributed by atoms with Gasteiger partial charge in [-0.05, 0) is 53.0 Å². The summed E-state index contributed by atoms with van der Waals surface area (Å²) in [6.07, 6.45) is 6.42. The molecule has 0 fully saturated rings. The summed E-state index contributed by atoms with van der Waals surface area (Å²) in [6, 6.07) is 6.79. The van der Waals surface area contributed by atoms with Crippen LogP contribution in [0, 0.1) is 5.92 Å². The van der Waals surface area contributed by atoms with Gasteiger partial charge in [0.05, 0.1) is 11.6 Å². The van der Waals surface area contributed by atoms with E-state index in [1.807, 2.05) is 6.07 Å². The molecule has 2 nitrogen and oxygen atoms in total. The molecule has 0 aliphatic carbocycles. The lowest BCUT2D eigenvalue weighted by molar-refractivity contribution is 0.364. The minimum Gasteiger partial charge on any atom is -0.496 e. The van der Waals surface area contributed by atoms with Crippen molar-refractivity contribution in [1.29, 1.82) is 0 Å². The SMILES string of the molecule is CCCCC(CC)CC(NC)c1ccc(OC)c(Br)c1. The molecular weight excluding hydrogens is 314 g/mol. The third-order valence-corrected chi connectivity index (χ3v) is 4.66. The molecule has 114 valence electrons. The Morgan fingerprint density at radius 1 is 1.30 bits per heavy atom. The van der Waals surface area contributed by atoms with E-state index < -0.39 is 0 Å². The lowest BCUT2D eigenvalue weighted by atomic mass is 9.89. The van der Waals surface area contributed by atoms with Crippen molar-refractivity contribution in [1.82, 2.24) is 5.32 Å². The molecule has 0 amide bonds. The van der Waals surface area contributed by atoms with E-state index in [-0.39, 0.29) is 0 Å². The van der Waals surface area contributed by atoms with Gasteiger partial charge in [0.15, 0.2) is 0 Å². The molecule has 1 rings (SSSR count). The molecule has 0 saturated carbocycles. The lowest BCUT2D eigenvalue weighted by Gasteiger charge is -2.23. The van der Waals surface area contributed by atoms with E-state index in [1.165, 1.54) is 37.7 Å². The molecule has 0 aromatic heterocycles. The summed E-state index contributed by atoms with van der Waals surface area (Å²) < 4.78 is 6.33. The Morgan fingerprint density at radius 3 is 2.55 bits per heavy atom. The topological polar surface area (TPSA) is 21.3 Å². The Morgan fingerprint density at radius 2 is 2.05 bits per heavy atom.